The fourth-order valence-electron chi connectivity index (χ4n) is 2.13. The lowest BCUT2D eigenvalue weighted by Gasteiger charge is -2.27. The van der Waals surface area contributed by atoms with Gasteiger partial charge in [0.05, 0.1) is 5.54 Å². The van der Waals surface area contributed by atoms with Crippen LogP contribution in [0.25, 0.3) is 0 Å². The summed E-state index contributed by atoms with van der Waals surface area (Å²) in [4.78, 5) is 0. The average molecular weight is 278 g/mol. The zero-order valence-electron chi connectivity index (χ0n) is 11.3. The van der Waals surface area contributed by atoms with Gasteiger partial charge in [-0.1, -0.05) is 35.9 Å². The molecule has 0 bridgehead atoms. The van der Waals surface area contributed by atoms with E-state index in [1.165, 1.54) is 11.6 Å². The highest BCUT2D eigenvalue weighted by molar-refractivity contribution is 6.30. The first kappa shape index (κ1) is 14.0. The highest BCUT2D eigenvalue weighted by Crippen LogP contribution is 2.30. The Bertz CT molecular complexity index is 620. The van der Waals surface area contributed by atoms with Crippen molar-refractivity contribution in [2.45, 2.75) is 26.3 Å². The molecule has 1 nitrogen and oxygen atoms in total. The predicted octanol–water partition coefficient (Wildman–Crippen LogP) is 4.32. The highest BCUT2D eigenvalue weighted by Gasteiger charge is 2.27. The van der Waals surface area contributed by atoms with Crippen molar-refractivity contribution in [1.29, 1.82) is 0 Å². The van der Waals surface area contributed by atoms with Crippen LogP contribution in [0.4, 0.5) is 4.39 Å². The van der Waals surface area contributed by atoms with E-state index in [1.54, 1.807) is 12.1 Å². The van der Waals surface area contributed by atoms with E-state index in [1.807, 2.05) is 39.0 Å². The molecule has 0 radical (unpaired) electrons. The van der Waals surface area contributed by atoms with Crippen molar-refractivity contribution >= 4 is 11.6 Å². The smallest absolute Gasteiger partial charge is 0.130 e. The summed E-state index contributed by atoms with van der Waals surface area (Å²) in [5, 5.41) is 0.372. The zero-order valence-corrected chi connectivity index (χ0v) is 12.1. The van der Waals surface area contributed by atoms with E-state index in [2.05, 4.69) is 0 Å². The van der Waals surface area contributed by atoms with Crippen molar-refractivity contribution in [3.05, 3.63) is 69.5 Å². The molecule has 0 spiro atoms. The van der Waals surface area contributed by atoms with Gasteiger partial charge in [0.15, 0.2) is 0 Å². The molecule has 100 valence electrons. The Balaban J connectivity index is 2.54. The summed E-state index contributed by atoms with van der Waals surface area (Å²) >= 11 is 5.78. The Morgan fingerprint density at radius 2 is 1.74 bits per heavy atom. The van der Waals surface area contributed by atoms with E-state index in [0.29, 0.717) is 10.6 Å². The van der Waals surface area contributed by atoms with E-state index >= 15 is 0 Å². The Kier molecular flexibility index (Phi) is 3.66. The van der Waals surface area contributed by atoms with Gasteiger partial charge in [0.1, 0.15) is 5.82 Å². The predicted molar refractivity (Wildman–Crippen MR) is 78.0 cm³/mol. The third kappa shape index (κ3) is 2.65. The fraction of sp³-hybridized carbons (Fsp3) is 0.250. The maximum Gasteiger partial charge on any atom is 0.130 e. The summed E-state index contributed by atoms with van der Waals surface area (Å²) in [7, 11) is 0. The second-order valence-electron chi connectivity index (χ2n) is 5.13. The van der Waals surface area contributed by atoms with Crippen molar-refractivity contribution in [2.24, 2.45) is 5.73 Å². The number of rotatable bonds is 2. The molecule has 1 unspecified atom stereocenters. The van der Waals surface area contributed by atoms with Gasteiger partial charge in [0, 0.05) is 10.6 Å². The molecule has 1 atom stereocenters. The Morgan fingerprint density at radius 3 is 2.32 bits per heavy atom. The summed E-state index contributed by atoms with van der Waals surface area (Å²) in [6, 6.07) is 10.5. The molecule has 0 aromatic heterocycles. The minimum atomic E-state index is -0.882. The standard InChI is InChI=1S/C16H17ClFN/c1-10-4-5-12(8-11(10)2)16(3,19)14-7-6-13(17)9-15(14)18/h4-9H,19H2,1-3H3. The lowest BCUT2D eigenvalue weighted by Crippen LogP contribution is -2.35. The van der Waals surface area contributed by atoms with Crippen molar-refractivity contribution < 1.29 is 4.39 Å². The van der Waals surface area contributed by atoms with Gasteiger partial charge in [-0.15, -0.1) is 0 Å². The van der Waals surface area contributed by atoms with Gasteiger partial charge in [-0.3, -0.25) is 0 Å². The SMILES string of the molecule is Cc1ccc(C(C)(N)c2ccc(Cl)cc2F)cc1C. The Labute approximate surface area is 118 Å². The first-order valence-electron chi connectivity index (χ1n) is 6.14. The summed E-state index contributed by atoms with van der Waals surface area (Å²) in [6.45, 7) is 5.87. The number of hydrogen-bond acceptors (Lipinski definition) is 1. The average Bonchev–Trinajstić information content (AvgIpc) is 2.32. The van der Waals surface area contributed by atoms with Crippen LogP contribution >= 0.6 is 11.6 Å². The van der Waals surface area contributed by atoms with Crippen molar-refractivity contribution in [1.82, 2.24) is 0 Å². The van der Waals surface area contributed by atoms with Gasteiger partial charge < -0.3 is 5.73 Å². The maximum atomic E-state index is 14.0. The zero-order chi connectivity index (χ0) is 14.2. The third-order valence-corrected chi connectivity index (χ3v) is 3.83. The van der Waals surface area contributed by atoms with Crippen LogP contribution in [0.5, 0.6) is 0 Å². The van der Waals surface area contributed by atoms with Gasteiger partial charge in [-0.05, 0) is 49.6 Å². The van der Waals surface area contributed by atoms with Gasteiger partial charge in [-0.25, -0.2) is 4.39 Å². The van der Waals surface area contributed by atoms with Crippen molar-refractivity contribution in [3.8, 4) is 0 Å². The summed E-state index contributed by atoms with van der Waals surface area (Å²) in [5.74, 6) is -0.379. The lowest BCUT2D eigenvalue weighted by atomic mass is 9.84. The second-order valence-corrected chi connectivity index (χ2v) is 5.56. The van der Waals surface area contributed by atoms with Gasteiger partial charge in [-0.2, -0.15) is 0 Å². The number of aryl methyl sites for hydroxylation is 2. The first-order valence-corrected chi connectivity index (χ1v) is 6.52. The fourth-order valence-corrected chi connectivity index (χ4v) is 2.29. The molecule has 2 aromatic rings. The number of halogens is 2. The number of nitrogens with two attached hydrogens (primary N) is 1. The van der Waals surface area contributed by atoms with Crippen LogP contribution in [0.2, 0.25) is 5.02 Å². The first-order chi connectivity index (χ1) is 8.82. The molecule has 0 fully saturated rings. The molecule has 0 saturated carbocycles. The maximum absolute atomic E-state index is 14.0. The lowest BCUT2D eigenvalue weighted by molar-refractivity contribution is 0.530. The Morgan fingerprint density at radius 1 is 1.05 bits per heavy atom. The third-order valence-electron chi connectivity index (χ3n) is 3.60. The normalized spacial score (nSPS) is 14.2. The Hall–Kier alpha value is -1.38. The molecule has 0 heterocycles. The van der Waals surface area contributed by atoms with Crippen molar-refractivity contribution in [2.75, 3.05) is 0 Å². The van der Waals surface area contributed by atoms with Crippen LogP contribution in [0.15, 0.2) is 36.4 Å². The molecule has 19 heavy (non-hydrogen) atoms. The van der Waals surface area contributed by atoms with Crippen LogP contribution < -0.4 is 5.73 Å². The van der Waals surface area contributed by atoms with E-state index in [-0.39, 0.29) is 5.82 Å². The van der Waals surface area contributed by atoms with Gasteiger partial charge in [0.25, 0.3) is 0 Å². The van der Waals surface area contributed by atoms with Crippen LogP contribution in [0.1, 0.15) is 29.2 Å². The van der Waals surface area contributed by atoms with E-state index in [4.69, 9.17) is 17.3 Å². The van der Waals surface area contributed by atoms with Crippen LogP contribution in [0.3, 0.4) is 0 Å². The summed E-state index contributed by atoms with van der Waals surface area (Å²) in [5.41, 5.74) is 9.13. The molecule has 2 N–H and O–H groups in total. The molecule has 0 aliphatic heterocycles. The molecule has 0 aliphatic carbocycles. The minimum absolute atomic E-state index is 0.372. The molecule has 3 heteroatoms. The quantitative estimate of drug-likeness (QED) is 0.869. The topological polar surface area (TPSA) is 26.0 Å². The molecule has 0 aliphatic rings. The minimum Gasteiger partial charge on any atom is -0.318 e. The molecular formula is C16H17ClFN. The second kappa shape index (κ2) is 4.95. The van der Waals surface area contributed by atoms with Gasteiger partial charge >= 0.3 is 0 Å². The molecule has 2 aromatic carbocycles. The molecule has 0 saturated heterocycles. The van der Waals surface area contributed by atoms with E-state index in [9.17, 15) is 4.39 Å². The van der Waals surface area contributed by atoms with E-state index < -0.39 is 5.54 Å². The molecule has 0 amide bonds. The largest absolute Gasteiger partial charge is 0.318 e. The van der Waals surface area contributed by atoms with Crippen LogP contribution in [-0.4, -0.2) is 0 Å². The summed E-state index contributed by atoms with van der Waals surface area (Å²) in [6.07, 6.45) is 0. The van der Waals surface area contributed by atoms with Gasteiger partial charge in [0.2, 0.25) is 0 Å². The van der Waals surface area contributed by atoms with Crippen LogP contribution in [-0.2, 0) is 5.54 Å². The summed E-state index contributed by atoms with van der Waals surface area (Å²) < 4.78 is 14.0. The molecule has 2 rings (SSSR count). The van der Waals surface area contributed by atoms with Crippen molar-refractivity contribution in [3.63, 3.8) is 0 Å². The number of hydrogen-bond donors (Lipinski definition) is 1. The monoisotopic (exact) mass is 277 g/mol. The number of benzene rings is 2. The molecular weight excluding hydrogens is 261 g/mol. The van der Waals surface area contributed by atoms with E-state index in [0.717, 1.165) is 11.1 Å². The van der Waals surface area contributed by atoms with Crippen LogP contribution in [0, 0.1) is 19.7 Å². The highest BCUT2D eigenvalue weighted by atomic mass is 35.5.